The average molecular weight is 739 g/mol. The Kier molecular flexibility index (Phi) is 26.0. The average Bonchev–Trinajstić information content (AvgIpc) is 3.62. The number of nitrogens with zero attached hydrogens (tertiary/aromatic N) is 7. The molecule has 0 radical (unpaired) electrons. The Bertz CT molecular complexity index is 1110. The number of rotatable bonds is 35. The third-order valence-electron chi connectivity index (χ3n) is 7.96. The van der Waals surface area contributed by atoms with Crippen LogP contribution in [0.1, 0.15) is 29.9 Å². The van der Waals surface area contributed by atoms with E-state index in [4.69, 9.17) is 37.9 Å². The van der Waals surface area contributed by atoms with Gasteiger partial charge in [0.2, 0.25) is 0 Å². The second kappa shape index (κ2) is 30.9. The largest absolute Gasteiger partial charge is 0.379 e. The molecule has 2 aromatic rings. The number of nitrogens with one attached hydrogen (secondary N) is 1. The summed E-state index contributed by atoms with van der Waals surface area (Å²) in [4.78, 5) is 24.0. The predicted octanol–water partition coefficient (Wildman–Crippen LogP) is 0.260. The topological polar surface area (TPSA) is 166 Å². The zero-order valence-corrected chi connectivity index (χ0v) is 31.2. The Morgan fingerprint density at radius 2 is 1.15 bits per heavy atom. The molecule has 0 spiro atoms. The molecule has 17 heteroatoms. The number of piperazine rings is 1. The maximum atomic E-state index is 10.2. The van der Waals surface area contributed by atoms with Gasteiger partial charge in [-0.2, -0.15) is 0 Å². The molecule has 3 heterocycles. The van der Waals surface area contributed by atoms with E-state index in [0.29, 0.717) is 119 Å². The summed E-state index contributed by atoms with van der Waals surface area (Å²) in [5.74, 6) is 0.837. The summed E-state index contributed by atoms with van der Waals surface area (Å²) in [5.41, 5.74) is 1.96. The van der Waals surface area contributed by atoms with Gasteiger partial charge in [0.05, 0.1) is 125 Å². The molecule has 296 valence electrons. The molecule has 0 aliphatic carbocycles. The maximum Gasteiger partial charge on any atom is 0.141 e. The third-order valence-corrected chi connectivity index (χ3v) is 7.96. The number of carbonyl (C=O) groups excluding carboxylic acids is 1. The first-order valence-corrected chi connectivity index (χ1v) is 18.6. The van der Waals surface area contributed by atoms with E-state index in [9.17, 15) is 4.79 Å². The van der Waals surface area contributed by atoms with E-state index >= 15 is 0 Å². The molecular formula is C35H62N8O9. The van der Waals surface area contributed by atoms with Crippen molar-refractivity contribution in [2.75, 3.05) is 145 Å². The molecule has 1 saturated heterocycles. The van der Waals surface area contributed by atoms with Crippen LogP contribution >= 0.6 is 0 Å². The van der Waals surface area contributed by atoms with E-state index in [1.165, 1.54) is 5.56 Å². The highest BCUT2D eigenvalue weighted by molar-refractivity contribution is 5.49. The number of carbonyl (C=O) groups is 1. The summed E-state index contributed by atoms with van der Waals surface area (Å²) in [6.07, 6.45) is 9.15. The predicted molar refractivity (Wildman–Crippen MR) is 192 cm³/mol. The van der Waals surface area contributed by atoms with Crippen LogP contribution in [0.5, 0.6) is 0 Å². The summed E-state index contributed by atoms with van der Waals surface area (Å²) in [6, 6.07) is 0. The van der Waals surface area contributed by atoms with Gasteiger partial charge in [0, 0.05) is 51.5 Å². The van der Waals surface area contributed by atoms with Crippen LogP contribution in [0.4, 0.5) is 0 Å². The second-order valence-electron chi connectivity index (χ2n) is 12.1. The third kappa shape index (κ3) is 22.5. The van der Waals surface area contributed by atoms with Crippen molar-refractivity contribution in [1.82, 2.24) is 40.1 Å². The van der Waals surface area contributed by atoms with E-state index in [2.05, 4.69) is 35.4 Å². The minimum atomic E-state index is 0.373. The molecular weight excluding hydrogens is 676 g/mol. The summed E-state index contributed by atoms with van der Waals surface area (Å²) in [6.45, 7) is 15.8. The van der Waals surface area contributed by atoms with Crippen LogP contribution in [0.15, 0.2) is 18.6 Å². The Balaban J connectivity index is 1.00. The van der Waals surface area contributed by atoms with Crippen molar-refractivity contribution in [3.63, 3.8) is 0 Å². The van der Waals surface area contributed by atoms with Gasteiger partial charge >= 0.3 is 0 Å². The molecule has 0 atom stereocenters. The van der Waals surface area contributed by atoms with Gasteiger partial charge in [-0.05, 0) is 32.0 Å². The fourth-order valence-electron chi connectivity index (χ4n) is 5.10. The standard InChI is InChI=1S/C35H62N8O9/c1-36-30-35-37-28-33(29-38-35)4-2-5-41-6-8-42(9-7-41)10-14-46-17-20-49-24-25-51-26-27-52-32-34-31-43(40-39-34)11-15-47-18-21-50-23-22-48-19-16-45-13-3-12-44/h12,28-29,31,36H,2-11,13-27,30,32H2,1H3. The van der Waals surface area contributed by atoms with E-state index in [-0.39, 0.29) is 0 Å². The van der Waals surface area contributed by atoms with Crippen LogP contribution in [0, 0.1) is 0 Å². The van der Waals surface area contributed by atoms with Gasteiger partial charge in [0.1, 0.15) is 17.8 Å². The lowest BCUT2D eigenvalue weighted by atomic mass is 10.2. The minimum Gasteiger partial charge on any atom is -0.379 e. The molecule has 0 saturated carbocycles. The normalized spacial score (nSPS) is 14.0. The van der Waals surface area contributed by atoms with Crippen molar-refractivity contribution in [3.8, 4) is 0 Å². The molecule has 2 aromatic heterocycles. The van der Waals surface area contributed by atoms with Crippen molar-refractivity contribution in [2.45, 2.75) is 39.0 Å². The van der Waals surface area contributed by atoms with Crippen LogP contribution in [-0.2, 0) is 68.8 Å². The van der Waals surface area contributed by atoms with Gasteiger partial charge in [-0.3, -0.25) is 4.90 Å². The number of ether oxygens (including phenoxy) is 8. The Hall–Kier alpha value is -2.55. The Morgan fingerprint density at radius 3 is 1.71 bits per heavy atom. The highest BCUT2D eigenvalue weighted by Crippen LogP contribution is 2.06. The highest BCUT2D eigenvalue weighted by atomic mass is 16.6. The first-order chi connectivity index (χ1) is 25.8. The van der Waals surface area contributed by atoms with E-state index in [0.717, 1.165) is 76.5 Å². The van der Waals surface area contributed by atoms with Gasteiger partial charge in [-0.25, -0.2) is 14.6 Å². The van der Waals surface area contributed by atoms with Gasteiger partial charge in [-0.1, -0.05) is 5.21 Å². The van der Waals surface area contributed by atoms with E-state index in [1.807, 2.05) is 25.6 Å². The summed E-state index contributed by atoms with van der Waals surface area (Å²) in [5, 5.41) is 11.3. The van der Waals surface area contributed by atoms with Gasteiger partial charge < -0.3 is 52.9 Å². The van der Waals surface area contributed by atoms with Crippen LogP contribution in [0.2, 0.25) is 0 Å². The molecule has 1 aliphatic rings. The summed E-state index contributed by atoms with van der Waals surface area (Å²) >= 11 is 0. The van der Waals surface area contributed by atoms with Crippen molar-refractivity contribution in [3.05, 3.63) is 35.7 Å². The van der Waals surface area contributed by atoms with Crippen LogP contribution in [-0.4, -0.2) is 186 Å². The SMILES string of the molecule is CNCc1ncc(CCCN2CCN(CCOCCOCCOCCOCc3cn(CCOCCOCCOCCOCCC=O)nn3)CC2)cn1. The fourth-order valence-corrected chi connectivity index (χ4v) is 5.10. The molecule has 0 bridgehead atoms. The number of aldehydes is 1. The molecule has 1 N–H and O–H groups in total. The second-order valence-corrected chi connectivity index (χ2v) is 12.1. The first kappa shape index (κ1) is 43.9. The summed E-state index contributed by atoms with van der Waals surface area (Å²) in [7, 11) is 1.90. The Morgan fingerprint density at radius 1 is 0.654 bits per heavy atom. The molecule has 52 heavy (non-hydrogen) atoms. The van der Waals surface area contributed by atoms with Crippen LogP contribution in [0.3, 0.4) is 0 Å². The van der Waals surface area contributed by atoms with Gasteiger partial charge in [-0.15, -0.1) is 5.10 Å². The first-order valence-electron chi connectivity index (χ1n) is 18.6. The van der Waals surface area contributed by atoms with Crippen molar-refractivity contribution < 1.29 is 42.7 Å². The molecule has 0 amide bonds. The minimum absolute atomic E-state index is 0.373. The molecule has 0 unspecified atom stereocenters. The number of aromatic nitrogens is 5. The summed E-state index contributed by atoms with van der Waals surface area (Å²) < 4.78 is 46.0. The van der Waals surface area contributed by atoms with Crippen molar-refractivity contribution in [1.29, 1.82) is 0 Å². The number of aryl methyl sites for hydroxylation is 1. The lowest BCUT2D eigenvalue weighted by Crippen LogP contribution is -2.47. The van der Waals surface area contributed by atoms with Gasteiger partial charge in [0.15, 0.2) is 0 Å². The van der Waals surface area contributed by atoms with Crippen molar-refractivity contribution in [2.24, 2.45) is 0 Å². The lowest BCUT2D eigenvalue weighted by Gasteiger charge is -2.34. The number of hydrogen-bond donors (Lipinski definition) is 1. The highest BCUT2D eigenvalue weighted by Gasteiger charge is 2.16. The molecule has 0 aromatic carbocycles. The monoisotopic (exact) mass is 738 g/mol. The van der Waals surface area contributed by atoms with Crippen molar-refractivity contribution >= 4 is 6.29 Å². The zero-order chi connectivity index (χ0) is 36.6. The quantitative estimate of drug-likeness (QED) is 0.0756. The molecule has 1 fully saturated rings. The fraction of sp³-hybridized carbons (Fsp3) is 0.800. The van der Waals surface area contributed by atoms with E-state index in [1.54, 1.807) is 4.68 Å². The molecule has 1 aliphatic heterocycles. The molecule has 3 rings (SSSR count). The van der Waals surface area contributed by atoms with E-state index < -0.39 is 0 Å². The van der Waals surface area contributed by atoms with Crippen LogP contribution in [0.25, 0.3) is 0 Å². The van der Waals surface area contributed by atoms with Crippen LogP contribution < -0.4 is 5.32 Å². The molecule has 17 nitrogen and oxygen atoms in total. The van der Waals surface area contributed by atoms with Gasteiger partial charge in [0.25, 0.3) is 0 Å². The zero-order valence-electron chi connectivity index (χ0n) is 31.2. The number of hydrogen-bond acceptors (Lipinski definition) is 16. The maximum absolute atomic E-state index is 10.2. The Labute approximate surface area is 308 Å². The smallest absolute Gasteiger partial charge is 0.141 e. The lowest BCUT2D eigenvalue weighted by molar-refractivity contribution is -0.109.